The molecule has 4 aromatic rings. The number of hydrogen-bond acceptors (Lipinski definition) is 4. The molecule has 2 amide bonds. The number of furan rings is 1. The second-order valence-corrected chi connectivity index (χ2v) is 9.04. The van der Waals surface area contributed by atoms with Crippen LogP contribution in [0.5, 0.6) is 0 Å². The van der Waals surface area contributed by atoms with E-state index in [2.05, 4.69) is 5.32 Å². The quantitative estimate of drug-likeness (QED) is 0.137. The molecule has 0 aliphatic heterocycles. The number of benzene rings is 3. The minimum Gasteiger partial charge on any atom is -0.459 e. The molecule has 5 nitrogen and oxygen atoms in total. The number of carbonyl (C=O) groups excluding carboxylic acids is 2. The van der Waals surface area contributed by atoms with Gasteiger partial charge in [-0.15, -0.1) is 11.8 Å². The predicted molar refractivity (Wildman–Crippen MR) is 128 cm³/mol. The zero-order valence-corrected chi connectivity index (χ0v) is 20.1. The summed E-state index contributed by atoms with van der Waals surface area (Å²) < 4.78 is 101. The highest BCUT2D eigenvalue weighted by molar-refractivity contribution is 8.00. The minimum absolute atomic E-state index is 0.0740. The molecule has 1 heterocycles. The van der Waals surface area contributed by atoms with Crippen molar-refractivity contribution in [2.24, 2.45) is 0 Å². The summed E-state index contributed by atoms with van der Waals surface area (Å²) in [5, 5.41) is 3.02. The van der Waals surface area contributed by atoms with Crippen molar-refractivity contribution < 1.29 is 44.7 Å². The van der Waals surface area contributed by atoms with Gasteiger partial charge >= 0.3 is 6.18 Å². The van der Waals surface area contributed by atoms with Crippen molar-refractivity contribution in [2.45, 2.75) is 16.3 Å². The lowest BCUT2D eigenvalue weighted by atomic mass is 10.1. The lowest BCUT2D eigenvalue weighted by Gasteiger charge is -2.19. The molecule has 0 aliphatic rings. The normalized spacial score (nSPS) is 12.2. The molecule has 4 rings (SSSR count). The van der Waals surface area contributed by atoms with Crippen molar-refractivity contribution in [2.75, 3.05) is 10.6 Å². The Morgan fingerprint density at radius 2 is 1.38 bits per heavy atom. The second kappa shape index (κ2) is 11.2. The van der Waals surface area contributed by atoms with Crippen molar-refractivity contribution in [3.05, 3.63) is 113 Å². The zero-order chi connectivity index (χ0) is 28.3. The van der Waals surface area contributed by atoms with Crippen LogP contribution in [0.15, 0.2) is 82.3 Å². The number of rotatable bonds is 7. The van der Waals surface area contributed by atoms with Crippen molar-refractivity contribution >= 4 is 35.0 Å². The van der Waals surface area contributed by atoms with Gasteiger partial charge in [-0.05, 0) is 42.0 Å². The molecule has 1 unspecified atom stereocenters. The van der Waals surface area contributed by atoms with Gasteiger partial charge in [0.2, 0.25) is 5.91 Å². The Balaban J connectivity index is 1.60. The van der Waals surface area contributed by atoms with Crippen LogP contribution in [0.4, 0.5) is 42.1 Å². The van der Waals surface area contributed by atoms with Crippen LogP contribution in [-0.2, 0) is 11.0 Å². The molecule has 0 saturated heterocycles. The highest BCUT2D eigenvalue weighted by Gasteiger charge is 2.42. The molecule has 0 fully saturated rings. The molecular formula is C26H15F7N2O3S. The molecule has 0 bridgehead atoms. The van der Waals surface area contributed by atoms with E-state index in [1.54, 1.807) is 23.5 Å². The van der Waals surface area contributed by atoms with Gasteiger partial charge in [-0.2, -0.15) is 13.2 Å². The van der Waals surface area contributed by atoms with Crippen LogP contribution in [0, 0.1) is 23.3 Å². The van der Waals surface area contributed by atoms with E-state index < -0.39 is 57.8 Å². The molecule has 202 valence electrons. The zero-order valence-electron chi connectivity index (χ0n) is 19.3. The summed E-state index contributed by atoms with van der Waals surface area (Å²) >= 11 is 0.866. The molecule has 2 N–H and O–H groups in total. The summed E-state index contributed by atoms with van der Waals surface area (Å²) in [7, 11) is 0. The van der Waals surface area contributed by atoms with Crippen molar-refractivity contribution in [3.8, 4) is 0 Å². The Kier molecular flexibility index (Phi) is 8.00. The van der Waals surface area contributed by atoms with Crippen LogP contribution >= 0.6 is 11.8 Å². The summed E-state index contributed by atoms with van der Waals surface area (Å²) in [6, 6.07) is 16.8. The summed E-state index contributed by atoms with van der Waals surface area (Å²) in [5.74, 6) is -11.8. The first-order valence-corrected chi connectivity index (χ1v) is 11.8. The lowest BCUT2D eigenvalue weighted by Crippen LogP contribution is -2.23. The van der Waals surface area contributed by atoms with Crippen molar-refractivity contribution in [1.29, 1.82) is 0 Å². The van der Waals surface area contributed by atoms with E-state index >= 15 is 0 Å². The number of thioether (sulfide) groups is 1. The van der Waals surface area contributed by atoms with Gasteiger partial charge in [-0.1, -0.05) is 30.3 Å². The average molecular weight is 568 g/mol. The Morgan fingerprint density at radius 3 is 1.92 bits per heavy atom. The van der Waals surface area contributed by atoms with Gasteiger partial charge in [0.15, 0.2) is 29.0 Å². The molecule has 1 atom stereocenters. The molecule has 3 aromatic carbocycles. The van der Waals surface area contributed by atoms with E-state index in [1.807, 2.05) is 0 Å². The smallest absolute Gasteiger partial charge is 0.422 e. The highest BCUT2D eigenvalue weighted by atomic mass is 32.2. The molecule has 0 radical (unpaired) electrons. The third-order valence-corrected chi connectivity index (χ3v) is 6.51. The van der Waals surface area contributed by atoms with Crippen molar-refractivity contribution in [3.63, 3.8) is 0 Å². The minimum atomic E-state index is -5.72. The van der Waals surface area contributed by atoms with Gasteiger partial charge in [0.1, 0.15) is 16.5 Å². The van der Waals surface area contributed by atoms with Crippen LogP contribution in [0.25, 0.3) is 0 Å². The molecule has 0 saturated carbocycles. The van der Waals surface area contributed by atoms with Crippen LogP contribution < -0.4 is 10.6 Å². The topological polar surface area (TPSA) is 71.3 Å². The lowest BCUT2D eigenvalue weighted by molar-refractivity contribution is -0.143. The fraction of sp³-hybridized carbons (Fsp3) is 0.0769. The molecular weight excluding hydrogens is 553 g/mol. The van der Waals surface area contributed by atoms with E-state index in [9.17, 15) is 40.3 Å². The van der Waals surface area contributed by atoms with E-state index in [4.69, 9.17) is 4.42 Å². The van der Waals surface area contributed by atoms with E-state index in [0.717, 1.165) is 11.8 Å². The largest absolute Gasteiger partial charge is 0.459 e. The Morgan fingerprint density at radius 1 is 0.769 bits per heavy atom. The van der Waals surface area contributed by atoms with Gasteiger partial charge in [-0.25, -0.2) is 17.6 Å². The molecule has 0 spiro atoms. The van der Waals surface area contributed by atoms with E-state index in [0.29, 0.717) is 16.1 Å². The van der Waals surface area contributed by atoms with Crippen LogP contribution in [0.1, 0.15) is 26.9 Å². The standard InChI is InChI=1S/C26H15F7N2O3S/c27-18-17(26(31,32)33)19(28)21(30)22(20(18)29)35-25(37)23(13-5-2-1-3-6-13)39-15-10-8-14(9-11-15)34-24(36)16-7-4-12-38-16/h1-12,23H,(H,34,36)(H,35,37). The van der Waals surface area contributed by atoms with Gasteiger partial charge in [0.05, 0.1) is 6.26 Å². The van der Waals surface area contributed by atoms with Gasteiger partial charge in [0.25, 0.3) is 5.91 Å². The maximum atomic E-state index is 14.4. The molecule has 39 heavy (non-hydrogen) atoms. The first-order chi connectivity index (χ1) is 18.5. The fourth-order valence-corrected chi connectivity index (χ4v) is 4.46. The number of hydrogen-bond donors (Lipinski definition) is 2. The second-order valence-electron chi connectivity index (χ2n) is 7.86. The third kappa shape index (κ3) is 6.08. The maximum absolute atomic E-state index is 14.4. The van der Waals surface area contributed by atoms with Crippen LogP contribution in [-0.4, -0.2) is 11.8 Å². The van der Waals surface area contributed by atoms with Gasteiger partial charge in [-0.3, -0.25) is 9.59 Å². The third-order valence-electron chi connectivity index (χ3n) is 5.25. The summed E-state index contributed by atoms with van der Waals surface area (Å²) in [4.78, 5) is 25.6. The number of carbonyl (C=O) groups is 2. The van der Waals surface area contributed by atoms with E-state index in [-0.39, 0.29) is 5.76 Å². The van der Waals surface area contributed by atoms with E-state index in [1.165, 1.54) is 54.8 Å². The average Bonchev–Trinajstić information content (AvgIpc) is 3.45. The summed E-state index contributed by atoms with van der Waals surface area (Å²) in [6.45, 7) is 0. The first kappa shape index (κ1) is 27.8. The summed E-state index contributed by atoms with van der Waals surface area (Å²) in [5.41, 5.74) is -3.76. The highest BCUT2D eigenvalue weighted by Crippen LogP contribution is 2.40. The van der Waals surface area contributed by atoms with Gasteiger partial charge < -0.3 is 15.1 Å². The first-order valence-electron chi connectivity index (χ1n) is 10.9. The monoisotopic (exact) mass is 568 g/mol. The number of amides is 2. The Hall–Kier alpha value is -4.26. The SMILES string of the molecule is O=C(Nc1ccc(SC(C(=O)Nc2c(F)c(F)c(C(F)(F)F)c(F)c2F)c2ccccc2)cc1)c1ccco1. The number of anilines is 2. The van der Waals surface area contributed by atoms with Gasteiger partial charge in [0, 0.05) is 10.6 Å². The predicted octanol–water partition coefficient (Wildman–Crippen LogP) is 7.58. The Labute approximate surface area is 220 Å². The number of alkyl halides is 3. The van der Waals surface area contributed by atoms with Crippen LogP contribution in [0.3, 0.4) is 0 Å². The number of halogens is 7. The summed E-state index contributed by atoms with van der Waals surface area (Å²) in [6.07, 6.45) is -4.39. The molecule has 13 heteroatoms. The maximum Gasteiger partial charge on any atom is 0.422 e. The molecule has 0 aliphatic carbocycles. The van der Waals surface area contributed by atoms with Crippen molar-refractivity contribution in [1.82, 2.24) is 0 Å². The Bertz CT molecular complexity index is 1460. The fourth-order valence-electron chi connectivity index (χ4n) is 3.43. The van der Waals surface area contributed by atoms with Crippen LogP contribution in [0.2, 0.25) is 0 Å². The number of nitrogens with one attached hydrogen (secondary N) is 2. The molecule has 1 aromatic heterocycles.